The summed E-state index contributed by atoms with van der Waals surface area (Å²) in [5, 5.41) is 4.33. The van der Waals surface area contributed by atoms with Crippen LogP contribution in [0.5, 0.6) is 0 Å². The molecular formula is C14H22ClN3O4S. The zero-order chi connectivity index (χ0) is 16.1. The van der Waals surface area contributed by atoms with Gasteiger partial charge >= 0.3 is 5.97 Å². The molecule has 0 N–H and O–H groups in total. The number of methoxy groups -OCH3 is 1. The number of esters is 1. The van der Waals surface area contributed by atoms with Gasteiger partial charge in [-0.2, -0.15) is 9.40 Å². The number of hydrogen-bond acceptors (Lipinski definition) is 5. The molecule has 1 atom stereocenters. The first-order chi connectivity index (χ1) is 10.3. The summed E-state index contributed by atoms with van der Waals surface area (Å²) < 4.78 is 33.1. The van der Waals surface area contributed by atoms with Crippen LogP contribution < -0.4 is 0 Å². The molecule has 0 amide bonds. The lowest BCUT2D eigenvalue weighted by Crippen LogP contribution is -2.40. The molecule has 1 saturated heterocycles. The van der Waals surface area contributed by atoms with Gasteiger partial charge in [0.15, 0.2) is 5.03 Å². The lowest BCUT2D eigenvalue weighted by atomic mass is 9.92. The van der Waals surface area contributed by atoms with Crippen molar-refractivity contribution in [2.45, 2.75) is 31.2 Å². The van der Waals surface area contributed by atoms with Crippen molar-refractivity contribution in [2.75, 3.05) is 20.2 Å². The molecule has 7 nitrogen and oxygen atoms in total. The number of aromatic nitrogens is 2. The van der Waals surface area contributed by atoms with E-state index >= 15 is 0 Å². The lowest BCUT2D eigenvalue weighted by molar-refractivity contribution is -0.143. The zero-order valence-electron chi connectivity index (χ0n) is 13.5. The second-order valence-electron chi connectivity index (χ2n) is 6.29. The molecule has 23 heavy (non-hydrogen) atoms. The summed E-state index contributed by atoms with van der Waals surface area (Å²) in [6.45, 7) is 2.66. The molecule has 130 valence electrons. The zero-order valence-corrected chi connectivity index (χ0v) is 15.1. The van der Waals surface area contributed by atoms with Crippen molar-refractivity contribution in [3.63, 3.8) is 0 Å². The molecule has 1 aromatic heterocycles. The fraction of sp³-hybridized carbons (Fsp3) is 0.714. The predicted molar refractivity (Wildman–Crippen MR) is 85.7 cm³/mol. The number of sulfonamides is 1. The monoisotopic (exact) mass is 363 g/mol. The van der Waals surface area contributed by atoms with E-state index < -0.39 is 10.0 Å². The smallest absolute Gasteiger partial charge is 0.309 e. The summed E-state index contributed by atoms with van der Waals surface area (Å²) in [6.07, 6.45) is 2.24. The minimum Gasteiger partial charge on any atom is -0.469 e. The van der Waals surface area contributed by atoms with Crippen LogP contribution in [0.25, 0.3) is 0 Å². The molecule has 2 aliphatic rings. The average Bonchev–Trinajstić information content (AvgIpc) is 3.05. The number of nitrogens with zero attached hydrogens (tertiary/aromatic N) is 3. The third kappa shape index (κ3) is 2.99. The Bertz CT molecular complexity index is 708. The van der Waals surface area contributed by atoms with E-state index in [1.807, 2.05) is 0 Å². The maximum Gasteiger partial charge on any atom is 0.309 e. The maximum absolute atomic E-state index is 12.7. The van der Waals surface area contributed by atoms with Gasteiger partial charge in [0.1, 0.15) is 0 Å². The molecule has 1 spiro atoms. The second kappa shape index (κ2) is 6.07. The van der Waals surface area contributed by atoms with Crippen LogP contribution in [0.1, 0.15) is 25.0 Å². The lowest BCUT2D eigenvalue weighted by Gasteiger charge is -2.31. The van der Waals surface area contributed by atoms with Crippen LogP contribution in [0.3, 0.4) is 0 Å². The summed E-state index contributed by atoms with van der Waals surface area (Å²) in [5.74, 6) is -0.222. The number of halogens is 1. The number of aryl methyl sites for hydroxylation is 2. The molecule has 1 aromatic rings. The largest absolute Gasteiger partial charge is 0.469 e. The molecule has 0 bridgehead atoms. The molecule has 1 unspecified atom stereocenters. The molecule has 9 heteroatoms. The molecule has 1 aliphatic carbocycles. The first kappa shape index (κ1) is 18.2. The van der Waals surface area contributed by atoms with Crippen LogP contribution >= 0.6 is 12.4 Å². The van der Waals surface area contributed by atoms with Gasteiger partial charge < -0.3 is 4.74 Å². The Labute approximate surface area is 142 Å². The number of carbonyl (C=O) groups excluding carboxylic acids is 1. The number of ether oxygens (including phenoxy) is 1. The van der Waals surface area contributed by atoms with Gasteiger partial charge in [-0.25, -0.2) is 8.42 Å². The van der Waals surface area contributed by atoms with Crippen LogP contribution in [0.4, 0.5) is 0 Å². The molecule has 2 fully saturated rings. The van der Waals surface area contributed by atoms with Crippen LogP contribution in [0.15, 0.2) is 11.1 Å². The van der Waals surface area contributed by atoms with Gasteiger partial charge in [-0.05, 0) is 37.7 Å². The molecule has 0 radical (unpaired) electrons. The second-order valence-corrected chi connectivity index (χ2v) is 8.18. The third-order valence-electron chi connectivity index (χ3n) is 4.96. The quantitative estimate of drug-likeness (QED) is 0.751. The number of hydrogen-bond donors (Lipinski definition) is 0. The Morgan fingerprint density at radius 2 is 2.00 bits per heavy atom. The first-order valence-corrected chi connectivity index (χ1v) is 8.83. The standard InChI is InChI=1S/C14H21N3O4S.ClH/c1-10-8-12(16(2)15-10)22(19,20)17-6-4-14(5-7-17)9-11(14)13(18)21-3;/h8,11H,4-7,9H2,1-3H3;1H. The van der Waals surface area contributed by atoms with E-state index in [9.17, 15) is 13.2 Å². The Hall–Kier alpha value is -1.12. The average molecular weight is 364 g/mol. The fourth-order valence-electron chi connectivity index (χ4n) is 3.51. The normalized spacial score (nSPS) is 23.3. The number of piperidine rings is 1. The van der Waals surface area contributed by atoms with Gasteiger partial charge in [0.25, 0.3) is 10.0 Å². The molecule has 3 rings (SSSR count). The van der Waals surface area contributed by atoms with Crippen molar-refractivity contribution >= 4 is 28.4 Å². The maximum atomic E-state index is 12.7. The van der Waals surface area contributed by atoms with Gasteiger partial charge in [-0.1, -0.05) is 0 Å². The van der Waals surface area contributed by atoms with Gasteiger partial charge in [0, 0.05) is 20.1 Å². The van der Waals surface area contributed by atoms with Crippen LogP contribution in [0, 0.1) is 18.3 Å². The van der Waals surface area contributed by atoms with Gasteiger partial charge in [-0.15, -0.1) is 12.4 Å². The number of carbonyl (C=O) groups is 1. The van der Waals surface area contributed by atoms with Gasteiger partial charge in [0.05, 0.1) is 18.7 Å². The van der Waals surface area contributed by atoms with E-state index in [1.165, 1.54) is 16.1 Å². The Morgan fingerprint density at radius 3 is 2.48 bits per heavy atom. The molecule has 2 heterocycles. The summed E-state index contributed by atoms with van der Waals surface area (Å²) in [7, 11) is -0.480. The van der Waals surface area contributed by atoms with Crippen molar-refractivity contribution in [3.8, 4) is 0 Å². The van der Waals surface area contributed by atoms with Gasteiger partial charge in [0.2, 0.25) is 0 Å². The van der Waals surface area contributed by atoms with E-state index in [1.54, 1.807) is 20.0 Å². The Balaban J connectivity index is 0.00000192. The van der Waals surface area contributed by atoms with Crippen molar-refractivity contribution < 1.29 is 17.9 Å². The van der Waals surface area contributed by atoms with Crippen molar-refractivity contribution in [1.82, 2.24) is 14.1 Å². The molecular weight excluding hydrogens is 342 g/mol. The highest BCUT2D eigenvalue weighted by Crippen LogP contribution is 2.60. The van der Waals surface area contributed by atoms with Crippen molar-refractivity contribution in [2.24, 2.45) is 18.4 Å². The van der Waals surface area contributed by atoms with E-state index in [2.05, 4.69) is 5.10 Å². The van der Waals surface area contributed by atoms with Crippen molar-refractivity contribution in [1.29, 1.82) is 0 Å². The summed E-state index contributed by atoms with van der Waals surface area (Å²) in [4.78, 5) is 11.6. The van der Waals surface area contributed by atoms with E-state index in [0.29, 0.717) is 31.6 Å². The van der Waals surface area contributed by atoms with Gasteiger partial charge in [-0.3, -0.25) is 9.48 Å². The predicted octanol–water partition coefficient (Wildman–Crippen LogP) is 1.11. The van der Waals surface area contributed by atoms with Crippen molar-refractivity contribution in [3.05, 3.63) is 11.8 Å². The molecule has 1 aliphatic heterocycles. The van der Waals surface area contributed by atoms with Crippen LogP contribution in [-0.2, 0) is 26.6 Å². The topological polar surface area (TPSA) is 81.5 Å². The van der Waals surface area contributed by atoms with Crippen LogP contribution in [-0.4, -0.2) is 48.7 Å². The minimum absolute atomic E-state index is 0. The van der Waals surface area contributed by atoms with E-state index in [4.69, 9.17) is 4.74 Å². The Kier molecular flexibility index (Phi) is 4.81. The Morgan fingerprint density at radius 1 is 1.39 bits per heavy atom. The van der Waals surface area contributed by atoms with E-state index in [0.717, 1.165) is 6.42 Å². The highest BCUT2D eigenvalue weighted by Gasteiger charge is 2.60. The highest BCUT2D eigenvalue weighted by atomic mass is 35.5. The van der Waals surface area contributed by atoms with E-state index in [-0.39, 0.29) is 34.7 Å². The minimum atomic E-state index is -3.52. The SMILES string of the molecule is COC(=O)C1CC12CCN(S(=O)(=O)c1cc(C)nn1C)CC2.Cl. The molecule has 1 saturated carbocycles. The summed E-state index contributed by atoms with van der Waals surface area (Å²) in [6, 6.07) is 1.59. The first-order valence-electron chi connectivity index (χ1n) is 7.39. The highest BCUT2D eigenvalue weighted by molar-refractivity contribution is 7.89. The fourth-order valence-corrected chi connectivity index (χ4v) is 5.13. The number of rotatable bonds is 3. The summed E-state index contributed by atoms with van der Waals surface area (Å²) >= 11 is 0. The molecule has 0 aromatic carbocycles. The van der Waals surface area contributed by atoms with Crippen LogP contribution in [0.2, 0.25) is 0 Å². The summed E-state index contributed by atoms with van der Waals surface area (Å²) in [5.41, 5.74) is 0.643. The third-order valence-corrected chi connectivity index (χ3v) is 6.91.